The van der Waals surface area contributed by atoms with Gasteiger partial charge in [0.25, 0.3) is 0 Å². The Morgan fingerprint density at radius 3 is 1.18 bits per heavy atom. The molecular formula is C66H73Cl2F3SiZr-2. The zero-order valence-corrected chi connectivity index (χ0v) is 47.9. The Balaban J connectivity index is 0.000000141. The van der Waals surface area contributed by atoms with Gasteiger partial charge in [-0.3, -0.25) is 0 Å². The van der Waals surface area contributed by atoms with Crippen molar-refractivity contribution < 1.29 is 61.3 Å². The van der Waals surface area contributed by atoms with Crippen LogP contribution in [0.4, 0.5) is 13.2 Å². The van der Waals surface area contributed by atoms with Crippen molar-refractivity contribution in [2.75, 3.05) is 0 Å². The van der Waals surface area contributed by atoms with Crippen molar-refractivity contribution in [1.29, 1.82) is 0 Å². The molecule has 8 bridgehead atoms. The van der Waals surface area contributed by atoms with Gasteiger partial charge in [-0.2, -0.15) is 0 Å². The van der Waals surface area contributed by atoms with Gasteiger partial charge in [0.2, 0.25) is 0 Å². The molecule has 0 atom stereocenters. The third-order valence-corrected chi connectivity index (χ3v) is 22.3. The second-order valence-corrected chi connectivity index (χ2v) is 33.2. The zero-order chi connectivity index (χ0) is 48.3. The SMILES string of the molecule is C[Si](=[Zr+2])CCC(F)(F)F.[C-]1=c2cccc(-c3ccc(C45CC6CC(CC(C6)C4)C5)cc3)c2=CC1=CC1CCCC1.[C-]1=c2cccc(-c3ccc(C45CC6CC(CC(C6)C4)C5)cc3)c2=CC1=CC1CCCC1.[Cl-].[Cl-]. The summed E-state index contributed by atoms with van der Waals surface area (Å²) in [6.07, 6.45) is 41.4. The Kier molecular flexibility index (Phi) is 16.4. The van der Waals surface area contributed by atoms with E-state index >= 15 is 0 Å². The first-order chi connectivity index (χ1) is 34.4. The van der Waals surface area contributed by atoms with E-state index in [0.29, 0.717) is 16.9 Å². The van der Waals surface area contributed by atoms with E-state index in [9.17, 15) is 13.2 Å². The molecule has 0 radical (unpaired) electrons. The van der Waals surface area contributed by atoms with Gasteiger partial charge in [0.05, 0.1) is 0 Å². The van der Waals surface area contributed by atoms with Crippen LogP contribution in [0.2, 0.25) is 12.6 Å². The van der Waals surface area contributed by atoms with Crippen LogP contribution in [-0.4, -0.2) is 11.6 Å². The van der Waals surface area contributed by atoms with E-state index < -0.39 is 18.0 Å². The smallest absolute Gasteiger partial charge is 0.00391 e. The van der Waals surface area contributed by atoms with Gasteiger partial charge in [-0.25, -0.2) is 0 Å². The maximum absolute atomic E-state index is 11.4. The van der Waals surface area contributed by atoms with Crippen LogP contribution in [0, 0.1) is 47.3 Å². The second-order valence-electron chi connectivity index (χ2n) is 24.9. The summed E-state index contributed by atoms with van der Waals surface area (Å²) >= 11 is 1.29. The van der Waals surface area contributed by atoms with Gasteiger partial charge in [0.15, 0.2) is 0 Å². The molecular weight excluding hydrogens is 1040 g/mol. The number of halogens is 5. The number of fused-ring (bicyclic) bond motifs is 2. The molecule has 0 N–H and O–H groups in total. The van der Waals surface area contributed by atoms with E-state index in [1.807, 2.05) is 6.55 Å². The van der Waals surface area contributed by atoms with Crippen molar-refractivity contribution in [2.45, 2.75) is 164 Å². The number of allylic oxidation sites excluding steroid dienone is 4. The molecule has 4 aromatic carbocycles. The summed E-state index contributed by atoms with van der Waals surface area (Å²) in [6.45, 7) is 1.93. The van der Waals surface area contributed by atoms with Gasteiger partial charge in [0.1, 0.15) is 0 Å². The van der Waals surface area contributed by atoms with Crippen LogP contribution < -0.4 is 45.7 Å². The molecule has 12 aliphatic rings. The summed E-state index contributed by atoms with van der Waals surface area (Å²) in [4.78, 5) is 0. The van der Waals surface area contributed by atoms with Crippen LogP contribution in [0.25, 0.3) is 46.6 Å². The molecule has 0 nitrogen and oxygen atoms in total. The predicted octanol–water partition coefficient (Wildman–Crippen LogP) is 8.89. The van der Waals surface area contributed by atoms with E-state index in [1.54, 1.807) is 11.1 Å². The van der Waals surface area contributed by atoms with Crippen molar-refractivity contribution in [3.63, 3.8) is 0 Å². The van der Waals surface area contributed by atoms with Gasteiger partial charge >= 0.3 is 67.1 Å². The third-order valence-electron chi connectivity index (χ3n) is 19.5. The Labute approximate surface area is 461 Å². The van der Waals surface area contributed by atoms with Gasteiger partial charge in [0, 0.05) is 0 Å². The number of alkyl halides is 3. The maximum Gasteiger partial charge on any atom is -0.00391 e. The first-order valence-corrected chi connectivity index (χ1v) is 34.1. The van der Waals surface area contributed by atoms with Crippen molar-refractivity contribution in [1.82, 2.24) is 0 Å². The Bertz CT molecular complexity index is 2710. The Morgan fingerprint density at radius 2 is 0.877 bits per heavy atom. The number of benzene rings is 4. The van der Waals surface area contributed by atoms with Crippen LogP contribution in [0.1, 0.15) is 146 Å². The van der Waals surface area contributed by atoms with Crippen molar-refractivity contribution in [2.24, 2.45) is 47.3 Å². The molecule has 0 saturated heterocycles. The van der Waals surface area contributed by atoms with E-state index in [4.69, 9.17) is 0 Å². The van der Waals surface area contributed by atoms with Crippen LogP contribution in [0.5, 0.6) is 0 Å². The molecule has 0 aromatic heterocycles. The minimum atomic E-state index is -3.93. The first-order valence-electron chi connectivity index (χ1n) is 28.2. The van der Waals surface area contributed by atoms with Gasteiger partial charge in [-0.15, -0.1) is 80.6 Å². The molecule has 16 rings (SSSR count). The summed E-state index contributed by atoms with van der Waals surface area (Å²) in [5.41, 5.74) is 11.7. The Hall–Kier alpha value is -2.69. The molecule has 0 aliphatic heterocycles. The molecule has 10 fully saturated rings. The van der Waals surface area contributed by atoms with E-state index in [1.165, 1.54) is 206 Å². The fraction of sp³-hybridized carbons (Fsp3) is 0.515. The fourth-order valence-corrected chi connectivity index (χ4v) is 18.6. The summed E-state index contributed by atoms with van der Waals surface area (Å²) in [5, 5.41) is 5.28. The molecule has 10 saturated carbocycles. The normalized spacial score (nSPS) is 30.9. The topological polar surface area (TPSA) is 0 Å². The average Bonchev–Trinajstić information content (AvgIpc) is 4.19. The van der Waals surface area contributed by atoms with Crippen LogP contribution in [-0.2, 0) is 34.2 Å². The maximum atomic E-state index is 11.4. The molecule has 382 valence electrons. The van der Waals surface area contributed by atoms with Crippen molar-refractivity contribution >= 4 is 29.7 Å². The van der Waals surface area contributed by atoms with Crippen LogP contribution >= 0.6 is 0 Å². The van der Waals surface area contributed by atoms with E-state index in [0.717, 1.165) is 47.3 Å². The number of hydrogen-bond donors (Lipinski definition) is 0. The molecule has 0 unspecified atom stereocenters. The quantitative estimate of drug-likeness (QED) is 0.122. The van der Waals surface area contributed by atoms with Gasteiger partial charge < -0.3 is 24.8 Å². The molecule has 73 heavy (non-hydrogen) atoms. The van der Waals surface area contributed by atoms with Gasteiger partial charge in [-0.1, -0.05) is 135 Å². The molecule has 12 aliphatic carbocycles. The molecule has 0 heterocycles. The number of hydrogen-bond acceptors (Lipinski definition) is 0. The predicted molar refractivity (Wildman–Crippen MR) is 285 cm³/mol. The molecule has 0 spiro atoms. The monoisotopic (exact) mass is 1110 g/mol. The first kappa shape index (κ1) is 53.7. The van der Waals surface area contributed by atoms with E-state index in [-0.39, 0.29) is 24.8 Å². The summed E-state index contributed by atoms with van der Waals surface area (Å²) < 4.78 is 34.3. The minimum absolute atomic E-state index is 0. The molecule has 7 heteroatoms. The van der Waals surface area contributed by atoms with Gasteiger partial charge in [-0.05, 0) is 157 Å². The largest absolute Gasteiger partial charge is 1.00 e. The summed E-state index contributed by atoms with van der Waals surface area (Å²) in [6, 6.07) is 33.5. The number of rotatable bonds is 8. The average molecular weight is 1110 g/mol. The zero-order valence-electron chi connectivity index (χ0n) is 43.0. The van der Waals surface area contributed by atoms with Crippen LogP contribution in [0.15, 0.2) is 108 Å². The Morgan fingerprint density at radius 1 is 0.534 bits per heavy atom. The van der Waals surface area contributed by atoms with Crippen molar-refractivity contribution in [3.05, 3.63) is 140 Å². The summed E-state index contributed by atoms with van der Waals surface area (Å²) in [5.74, 6) is 7.57. The summed E-state index contributed by atoms with van der Waals surface area (Å²) in [7, 11) is 0. The fourth-order valence-electron chi connectivity index (χ4n) is 17.1. The standard InChI is InChI=1S/2C31H33.C4H7F3Si.2ClH.Zr/c2*1-2-5-21(4-1)12-22-16-27-6-3-7-29(30(27)17-22)26-8-10-28(11-9-26)31-18-23-13-24(19-31)15-25(14-23)20-31;1-8-3-2-4(5,6)7;;;/h2*3,6-12,17,21,23-25H,1-2,4-5,13-15,18-20H2;2-3H2,1H3;2*1H;/q2*-1;;;;+2/p-2. The van der Waals surface area contributed by atoms with Crippen LogP contribution in [0.3, 0.4) is 0 Å². The molecule has 0 amide bonds. The van der Waals surface area contributed by atoms with E-state index in [2.05, 4.69) is 121 Å². The second kappa shape index (κ2) is 22.3. The van der Waals surface area contributed by atoms with Crippen molar-refractivity contribution in [3.8, 4) is 22.3 Å². The minimum Gasteiger partial charge on any atom is -1.00 e. The molecule has 4 aromatic rings. The third kappa shape index (κ3) is 11.8.